The molecule has 0 unspecified atom stereocenters. The molecular formula is C16H15Cl3O. The maximum absolute atomic E-state index is 6.14. The fraction of sp³-hybridized carbons (Fsp3) is 0.250. The zero-order valence-electron chi connectivity index (χ0n) is 10.9. The molecule has 20 heavy (non-hydrogen) atoms. The maximum Gasteiger partial charge on any atom is 0.142 e. The molecule has 0 saturated carbocycles. The Kier molecular flexibility index (Phi) is 6.03. The van der Waals surface area contributed by atoms with Gasteiger partial charge in [0.2, 0.25) is 0 Å². The topological polar surface area (TPSA) is 9.23 Å². The van der Waals surface area contributed by atoms with Gasteiger partial charge in [-0.05, 0) is 30.5 Å². The van der Waals surface area contributed by atoms with Crippen molar-refractivity contribution in [2.24, 2.45) is 0 Å². The zero-order chi connectivity index (χ0) is 14.4. The van der Waals surface area contributed by atoms with Gasteiger partial charge in [0, 0.05) is 10.6 Å². The third-order valence-corrected chi connectivity index (χ3v) is 3.72. The minimum absolute atomic E-state index is 0.328. The van der Waals surface area contributed by atoms with Crippen LogP contribution in [-0.4, -0.2) is 6.61 Å². The molecule has 0 bridgehead atoms. The van der Waals surface area contributed by atoms with Gasteiger partial charge in [0.25, 0.3) is 0 Å². The zero-order valence-corrected chi connectivity index (χ0v) is 13.2. The summed E-state index contributed by atoms with van der Waals surface area (Å²) in [6.07, 6.45) is 1.90. The summed E-state index contributed by atoms with van der Waals surface area (Å²) in [6, 6.07) is 13.8. The predicted octanol–water partition coefficient (Wildman–Crippen LogP) is 5.74. The first-order chi connectivity index (χ1) is 9.70. The van der Waals surface area contributed by atoms with E-state index in [0.717, 1.165) is 18.4 Å². The number of rotatable bonds is 6. The van der Waals surface area contributed by atoms with Crippen LogP contribution >= 0.6 is 34.8 Å². The molecule has 4 heteroatoms. The number of ether oxygens (including phenoxy) is 1. The van der Waals surface area contributed by atoms with Crippen molar-refractivity contribution in [2.75, 3.05) is 6.61 Å². The molecule has 0 radical (unpaired) electrons. The van der Waals surface area contributed by atoms with E-state index < -0.39 is 0 Å². The van der Waals surface area contributed by atoms with Crippen molar-refractivity contribution in [1.29, 1.82) is 0 Å². The van der Waals surface area contributed by atoms with Gasteiger partial charge in [-0.15, -0.1) is 11.6 Å². The number of hydrogen-bond acceptors (Lipinski definition) is 1. The van der Waals surface area contributed by atoms with E-state index in [1.165, 1.54) is 5.56 Å². The summed E-state index contributed by atoms with van der Waals surface area (Å²) < 4.78 is 5.76. The lowest BCUT2D eigenvalue weighted by Gasteiger charge is -2.12. The summed E-state index contributed by atoms with van der Waals surface area (Å²) >= 11 is 18.0. The summed E-state index contributed by atoms with van der Waals surface area (Å²) in [5.41, 5.74) is 2.12. The minimum atomic E-state index is 0.328. The second-order valence-electron chi connectivity index (χ2n) is 4.45. The van der Waals surface area contributed by atoms with Crippen molar-refractivity contribution in [1.82, 2.24) is 0 Å². The van der Waals surface area contributed by atoms with E-state index in [2.05, 4.69) is 12.1 Å². The molecule has 0 aliphatic rings. The molecule has 0 aliphatic heterocycles. The highest BCUT2D eigenvalue weighted by Crippen LogP contribution is 2.33. The Labute approximate surface area is 134 Å². The van der Waals surface area contributed by atoms with Crippen molar-refractivity contribution in [3.05, 3.63) is 63.6 Å². The van der Waals surface area contributed by atoms with E-state index in [-0.39, 0.29) is 0 Å². The summed E-state index contributed by atoms with van der Waals surface area (Å²) in [4.78, 5) is 0. The van der Waals surface area contributed by atoms with Crippen LogP contribution in [0, 0.1) is 0 Å². The molecule has 106 valence electrons. The van der Waals surface area contributed by atoms with Gasteiger partial charge < -0.3 is 4.74 Å². The fourth-order valence-corrected chi connectivity index (χ4v) is 2.76. The first-order valence-corrected chi connectivity index (χ1v) is 7.70. The van der Waals surface area contributed by atoms with Crippen LogP contribution in [0.3, 0.4) is 0 Å². The Morgan fingerprint density at radius 2 is 1.75 bits per heavy atom. The standard InChI is InChI=1S/C16H15Cl3O/c17-11-13-9-14(18)10-15(19)16(13)20-8-4-7-12-5-2-1-3-6-12/h1-3,5-6,9-10H,4,7-8,11H2. The van der Waals surface area contributed by atoms with Gasteiger partial charge in [0.1, 0.15) is 5.75 Å². The lowest BCUT2D eigenvalue weighted by atomic mass is 10.1. The maximum atomic E-state index is 6.14. The van der Waals surface area contributed by atoms with Crippen LogP contribution in [0.4, 0.5) is 0 Å². The van der Waals surface area contributed by atoms with Crippen molar-refractivity contribution < 1.29 is 4.74 Å². The molecule has 0 atom stereocenters. The number of halogens is 3. The molecule has 2 aromatic carbocycles. The molecule has 2 rings (SSSR count). The fourth-order valence-electron chi connectivity index (χ4n) is 1.97. The molecule has 0 N–H and O–H groups in total. The van der Waals surface area contributed by atoms with Crippen molar-refractivity contribution in [2.45, 2.75) is 18.7 Å². The predicted molar refractivity (Wildman–Crippen MR) is 86.3 cm³/mol. The molecule has 0 saturated heterocycles. The van der Waals surface area contributed by atoms with Gasteiger partial charge in [-0.2, -0.15) is 0 Å². The largest absolute Gasteiger partial charge is 0.492 e. The molecule has 0 heterocycles. The molecule has 0 fully saturated rings. The Bertz CT molecular complexity index is 555. The molecule has 2 aromatic rings. The van der Waals surface area contributed by atoms with Gasteiger partial charge in [0.15, 0.2) is 0 Å². The molecule has 0 aromatic heterocycles. The highest BCUT2D eigenvalue weighted by atomic mass is 35.5. The smallest absolute Gasteiger partial charge is 0.142 e. The highest BCUT2D eigenvalue weighted by Gasteiger charge is 2.10. The number of aryl methyl sites for hydroxylation is 1. The summed E-state index contributed by atoms with van der Waals surface area (Å²) in [6.45, 7) is 0.597. The first kappa shape index (κ1) is 15.5. The summed E-state index contributed by atoms with van der Waals surface area (Å²) in [5, 5.41) is 1.08. The molecule has 1 nitrogen and oxygen atoms in total. The third kappa shape index (κ3) is 4.31. The third-order valence-electron chi connectivity index (χ3n) is 2.93. The Morgan fingerprint density at radius 3 is 2.45 bits per heavy atom. The Balaban J connectivity index is 1.91. The van der Waals surface area contributed by atoms with Crippen LogP contribution < -0.4 is 4.74 Å². The summed E-state index contributed by atoms with van der Waals surface area (Å²) in [5.74, 6) is 0.966. The second-order valence-corrected chi connectivity index (χ2v) is 5.56. The second kappa shape index (κ2) is 7.78. The average Bonchev–Trinajstić information content (AvgIpc) is 2.45. The van der Waals surface area contributed by atoms with Crippen molar-refractivity contribution >= 4 is 34.8 Å². The van der Waals surface area contributed by atoms with Crippen LogP contribution in [0.25, 0.3) is 0 Å². The average molecular weight is 330 g/mol. The molecule has 0 spiro atoms. The number of benzene rings is 2. The molecule has 0 amide bonds. The van der Waals surface area contributed by atoms with Gasteiger partial charge >= 0.3 is 0 Å². The molecule has 0 aliphatic carbocycles. The van der Waals surface area contributed by atoms with E-state index in [9.17, 15) is 0 Å². The van der Waals surface area contributed by atoms with Crippen LogP contribution in [0.1, 0.15) is 17.5 Å². The highest BCUT2D eigenvalue weighted by molar-refractivity contribution is 6.36. The van der Waals surface area contributed by atoms with Crippen LogP contribution in [-0.2, 0) is 12.3 Å². The lowest BCUT2D eigenvalue weighted by Crippen LogP contribution is -2.02. The number of alkyl halides is 1. The lowest BCUT2D eigenvalue weighted by molar-refractivity contribution is 0.309. The Morgan fingerprint density at radius 1 is 1.00 bits per heavy atom. The monoisotopic (exact) mass is 328 g/mol. The van der Waals surface area contributed by atoms with E-state index in [1.54, 1.807) is 12.1 Å². The van der Waals surface area contributed by atoms with Gasteiger partial charge in [-0.3, -0.25) is 0 Å². The normalized spacial score (nSPS) is 10.6. The van der Waals surface area contributed by atoms with E-state index in [4.69, 9.17) is 39.5 Å². The van der Waals surface area contributed by atoms with Gasteiger partial charge in [-0.1, -0.05) is 53.5 Å². The van der Waals surface area contributed by atoms with Crippen LogP contribution in [0.15, 0.2) is 42.5 Å². The summed E-state index contributed by atoms with van der Waals surface area (Å²) in [7, 11) is 0. The van der Waals surface area contributed by atoms with Crippen LogP contribution in [0.2, 0.25) is 10.0 Å². The quantitative estimate of drug-likeness (QED) is 0.485. The van der Waals surface area contributed by atoms with Gasteiger partial charge in [-0.25, -0.2) is 0 Å². The van der Waals surface area contributed by atoms with Crippen LogP contribution in [0.5, 0.6) is 5.75 Å². The van der Waals surface area contributed by atoms with Crippen molar-refractivity contribution in [3.8, 4) is 5.75 Å². The van der Waals surface area contributed by atoms with E-state index in [1.807, 2.05) is 18.2 Å². The number of hydrogen-bond donors (Lipinski definition) is 0. The van der Waals surface area contributed by atoms with Crippen molar-refractivity contribution in [3.63, 3.8) is 0 Å². The molecular weight excluding hydrogens is 315 g/mol. The van der Waals surface area contributed by atoms with E-state index >= 15 is 0 Å². The van der Waals surface area contributed by atoms with E-state index in [0.29, 0.717) is 28.3 Å². The van der Waals surface area contributed by atoms with Gasteiger partial charge in [0.05, 0.1) is 17.5 Å². The SMILES string of the molecule is ClCc1cc(Cl)cc(Cl)c1OCCCc1ccccc1. The minimum Gasteiger partial charge on any atom is -0.492 e. The Hall–Kier alpha value is -0.890. The first-order valence-electron chi connectivity index (χ1n) is 6.41.